The lowest BCUT2D eigenvalue weighted by atomic mass is 9.89. The fraction of sp³-hybridized carbons (Fsp3) is 0.611. The number of aliphatic hydroxyl groups is 1. The zero-order valence-electron chi connectivity index (χ0n) is 14.7. The number of amides is 1. The molecule has 0 radical (unpaired) electrons. The van der Waals surface area contributed by atoms with Gasteiger partial charge in [0.1, 0.15) is 5.75 Å². The number of rotatable bonds is 6. The van der Waals surface area contributed by atoms with Crippen molar-refractivity contribution in [2.45, 2.75) is 13.3 Å². The van der Waals surface area contributed by atoms with Crippen LogP contribution in [0, 0.1) is 11.8 Å². The van der Waals surface area contributed by atoms with E-state index in [1.807, 2.05) is 25.9 Å². The van der Waals surface area contributed by atoms with Gasteiger partial charge in [0.2, 0.25) is 0 Å². The molecular weight excluding hydrogens is 328 g/mol. The van der Waals surface area contributed by atoms with Crippen LogP contribution in [0.5, 0.6) is 5.75 Å². The number of ether oxygens (including phenoxy) is 1. The maximum atomic E-state index is 12.8. The van der Waals surface area contributed by atoms with Gasteiger partial charge in [-0.25, -0.2) is 0 Å². The van der Waals surface area contributed by atoms with E-state index >= 15 is 0 Å². The molecule has 0 bridgehead atoms. The molecule has 1 heterocycles. The molecule has 1 fully saturated rings. The van der Waals surface area contributed by atoms with Gasteiger partial charge in [0.25, 0.3) is 5.91 Å². The van der Waals surface area contributed by atoms with Gasteiger partial charge >= 0.3 is 0 Å². The van der Waals surface area contributed by atoms with Crippen molar-refractivity contribution in [3.05, 3.63) is 28.8 Å². The second kappa shape index (κ2) is 8.70. The molecule has 0 aromatic heterocycles. The second-order valence-corrected chi connectivity index (χ2v) is 7.11. The normalized spacial score (nSPS) is 21.2. The van der Waals surface area contributed by atoms with Gasteiger partial charge < -0.3 is 19.6 Å². The third-order valence-corrected chi connectivity index (χ3v) is 4.57. The molecule has 0 aliphatic carbocycles. The summed E-state index contributed by atoms with van der Waals surface area (Å²) < 4.78 is 5.42. The highest BCUT2D eigenvalue weighted by molar-refractivity contribution is 6.32. The molecule has 24 heavy (non-hydrogen) atoms. The van der Waals surface area contributed by atoms with Crippen molar-refractivity contribution in [3.63, 3.8) is 0 Å². The Morgan fingerprint density at radius 2 is 2.08 bits per heavy atom. The topological polar surface area (TPSA) is 53.0 Å². The quantitative estimate of drug-likeness (QED) is 0.852. The average Bonchev–Trinajstić information content (AvgIpc) is 2.55. The Bertz CT molecular complexity index is 565. The molecule has 0 unspecified atom stereocenters. The first-order valence-corrected chi connectivity index (χ1v) is 8.79. The number of aliphatic hydroxyl groups excluding tert-OH is 1. The third-order valence-electron chi connectivity index (χ3n) is 4.27. The Morgan fingerprint density at radius 3 is 2.67 bits per heavy atom. The van der Waals surface area contributed by atoms with Crippen LogP contribution in [0.4, 0.5) is 0 Å². The maximum Gasteiger partial charge on any atom is 0.253 e. The lowest BCUT2D eigenvalue weighted by Crippen LogP contribution is -2.47. The summed E-state index contributed by atoms with van der Waals surface area (Å²) in [7, 11) is 4.06. The van der Waals surface area contributed by atoms with Crippen molar-refractivity contribution in [2.75, 3.05) is 46.9 Å². The van der Waals surface area contributed by atoms with Crippen LogP contribution in [-0.4, -0.2) is 67.8 Å². The highest BCUT2D eigenvalue weighted by Crippen LogP contribution is 2.28. The van der Waals surface area contributed by atoms with Gasteiger partial charge in [-0.2, -0.15) is 0 Å². The van der Waals surface area contributed by atoms with E-state index in [4.69, 9.17) is 16.3 Å². The first-order chi connectivity index (χ1) is 11.4. The summed E-state index contributed by atoms with van der Waals surface area (Å²) in [5.74, 6) is 1.05. The molecule has 0 saturated carbocycles. The number of nitrogens with zero attached hydrogens (tertiary/aromatic N) is 2. The summed E-state index contributed by atoms with van der Waals surface area (Å²) in [4.78, 5) is 16.8. The Balaban J connectivity index is 2.13. The fourth-order valence-electron chi connectivity index (χ4n) is 3.35. The van der Waals surface area contributed by atoms with Gasteiger partial charge in [-0.3, -0.25) is 4.79 Å². The first kappa shape index (κ1) is 19.0. The third kappa shape index (κ3) is 4.85. The van der Waals surface area contributed by atoms with Gasteiger partial charge in [-0.05, 0) is 57.5 Å². The van der Waals surface area contributed by atoms with E-state index in [2.05, 4.69) is 4.90 Å². The van der Waals surface area contributed by atoms with Gasteiger partial charge in [0, 0.05) is 31.8 Å². The van der Waals surface area contributed by atoms with Crippen molar-refractivity contribution in [1.82, 2.24) is 9.80 Å². The molecule has 1 aliphatic rings. The largest absolute Gasteiger partial charge is 0.492 e. The monoisotopic (exact) mass is 354 g/mol. The number of carbonyl (C=O) groups excluding carboxylic acids is 1. The van der Waals surface area contributed by atoms with Crippen LogP contribution in [0.25, 0.3) is 0 Å². The Hall–Kier alpha value is -1.30. The summed E-state index contributed by atoms with van der Waals surface area (Å²) in [5.41, 5.74) is 0.561. The Morgan fingerprint density at radius 1 is 1.38 bits per heavy atom. The van der Waals surface area contributed by atoms with Crippen molar-refractivity contribution in [1.29, 1.82) is 0 Å². The molecule has 5 nitrogen and oxygen atoms in total. The van der Waals surface area contributed by atoms with E-state index in [9.17, 15) is 9.90 Å². The van der Waals surface area contributed by atoms with Crippen molar-refractivity contribution >= 4 is 17.5 Å². The summed E-state index contributed by atoms with van der Waals surface area (Å²) in [6.45, 7) is 4.73. The maximum absolute atomic E-state index is 12.8. The van der Waals surface area contributed by atoms with Crippen LogP contribution >= 0.6 is 11.6 Å². The lowest BCUT2D eigenvalue weighted by Gasteiger charge is -2.38. The van der Waals surface area contributed by atoms with Gasteiger partial charge in [-0.1, -0.05) is 11.6 Å². The molecular formula is C18H27ClN2O3. The summed E-state index contributed by atoms with van der Waals surface area (Å²) in [6.07, 6.45) is 0.947. The predicted octanol–water partition coefficient (Wildman–Crippen LogP) is 2.37. The van der Waals surface area contributed by atoms with E-state index in [-0.39, 0.29) is 18.4 Å². The highest BCUT2D eigenvalue weighted by Gasteiger charge is 2.30. The van der Waals surface area contributed by atoms with E-state index in [1.165, 1.54) is 0 Å². The molecule has 1 saturated heterocycles. The minimum absolute atomic E-state index is 0.0399. The number of hydrogen-bond donors (Lipinski definition) is 1. The lowest BCUT2D eigenvalue weighted by molar-refractivity contribution is 0.0477. The molecule has 1 aliphatic heterocycles. The Labute approximate surface area is 149 Å². The molecule has 1 aromatic carbocycles. The molecule has 1 N–H and O–H groups in total. The minimum Gasteiger partial charge on any atom is -0.492 e. The number of piperidine rings is 1. The standard InChI is InChI=1S/C18H27ClN2O3/c1-4-24-17-6-5-15(8-16(17)19)18(23)21-10-13(9-20(2)3)7-14(11-21)12-22/h5-6,8,13-14,22H,4,7,9-12H2,1-3H3/t13-,14-/m1/s1. The summed E-state index contributed by atoms with van der Waals surface area (Å²) >= 11 is 6.20. The number of halogens is 1. The molecule has 6 heteroatoms. The number of carbonyl (C=O) groups is 1. The van der Waals surface area contributed by atoms with Crippen LogP contribution in [0.15, 0.2) is 18.2 Å². The zero-order chi connectivity index (χ0) is 17.7. The van der Waals surface area contributed by atoms with Crippen molar-refractivity contribution < 1.29 is 14.6 Å². The van der Waals surface area contributed by atoms with Crippen molar-refractivity contribution in [2.24, 2.45) is 11.8 Å². The smallest absolute Gasteiger partial charge is 0.253 e. The van der Waals surface area contributed by atoms with Crippen molar-refractivity contribution in [3.8, 4) is 5.75 Å². The number of likely N-dealkylation sites (tertiary alicyclic amines) is 1. The predicted molar refractivity (Wildman–Crippen MR) is 95.8 cm³/mol. The number of hydrogen-bond acceptors (Lipinski definition) is 4. The van der Waals surface area contributed by atoms with Crippen LogP contribution in [0.1, 0.15) is 23.7 Å². The average molecular weight is 355 g/mol. The van der Waals surface area contributed by atoms with Crippen LogP contribution in [0.2, 0.25) is 5.02 Å². The molecule has 1 amide bonds. The van der Waals surface area contributed by atoms with E-state index in [0.717, 1.165) is 13.0 Å². The highest BCUT2D eigenvalue weighted by atomic mass is 35.5. The SMILES string of the molecule is CCOc1ccc(C(=O)N2C[C@H](CO)C[C@H](CN(C)C)C2)cc1Cl. The van der Waals surface area contributed by atoms with E-state index in [0.29, 0.717) is 41.9 Å². The van der Waals surface area contributed by atoms with E-state index in [1.54, 1.807) is 18.2 Å². The van der Waals surface area contributed by atoms with Gasteiger partial charge in [0.15, 0.2) is 0 Å². The molecule has 0 spiro atoms. The summed E-state index contributed by atoms with van der Waals surface area (Å²) in [6, 6.07) is 5.16. The first-order valence-electron chi connectivity index (χ1n) is 8.41. The van der Waals surface area contributed by atoms with Crippen LogP contribution in [-0.2, 0) is 0 Å². The van der Waals surface area contributed by atoms with E-state index < -0.39 is 0 Å². The molecule has 1 aromatic rings. The zero-order valence-corrected chi connectivity index (χ0v) is 15.4. The molecule has 134 valence electrons. The van der Waals surface area contributed by atoms with Crippen LogP contribution < -0.4 is 4.74 Å². The van der Waals surface area contributed by atoms with Crippen LogP contribution in [0.3, 0.4) is 0 Å². The fourth-order valence-corrected chi connectivity index (χ4v) is 3.59. The summed E-state index contributed by atoms with van der Waals surface area (Å²) in [5, 5.41) is 10.0. The Kier molecular flexibility index (Phi) is 6.90. The minimum atomic E-state index is -0.0399. The number of benzene rings is 1. The molecule has 2 atom stereocenters. The second-order valence-electron chi connectivity index (χ2n) is 6.70. The van der Waals surface area contributed by atoms with Gasteiger partial charge in [-0.15, -0.1) is 0 Å². The van der Waals surface area contributed by atoms with Gasteiger partial charge in [0.05, 0.1) is 11.6 Å². The molecule has 2 rings (SSSR count).